The molecule has 0 heterocycles. The predicted octanol–water partition coefficient (Wildman–Crippen LogP) is 0.437. The molecule has 2 nitrogen and oxygen atoms in total. The summed E-state index contributed by atoms with van der Waals surface area (Å²) in [6.07, 6.45) is 0. The van der Waals surface area contributed by atoms with Crippen LogP contribution >= 0.6 is 0 Å². The van der Waals surface area contributed by atoms with E-state index in [4.69, 9.17) is 0 Å². The van der Waals surface area contributed by atoms with Crippen LogP contribution < -0.4 is 11.1 Å². The number of nitrogens with one attached hydrogen (secondary N) is 1. The Balaban J connectivity index is 0. The Bertz CT molecular complexity index is 27.7. The molecule has 0 rings (SSSR count). The summed E-state index contributed by atoms with van der Waals surface area (Å²) in [5.74, 6) is 0.787. The second-order valence-corrected chi connectivity index (χ2v) is 1.95. The van der Waals surface area contributed by atoms with Crippen molar-refractivity contribution in [1.82, 2.24) is 5.32 Å². The van der Waals surface area contributed by atoms with Crippen molar-refractivity contribution in [3.8, 4) is 0 Å². The molecular formula is C6H18N2. The summed E-state index contributed by atoms with van der Waals surface area (Å²) in [5.41, 5.74) is 4.50. The van der Waals surface area contributed by atoms with E-state index in [9.17, 15) is 0 Å². The van der Waals surface area contributed by atoms with Gasteiger partial charge in [-0.05, 0) is 26.6 Å². The van der Waals surface area contributed by atoms with Crippen molar-refractivity contribution in [1.29, 1.82) is 0 Å². The second kappa shape index (κ2) is 10.0. The maximum atomic E-state index is 4.50. The maximum Gasteiger partial charge on any atom is -0.00288 e. The number of rotatable bonds is 2. The van der Waals surface area contributed by atoms with Gasteiger partial charge in [0, 0.05) is 0 Å². The van der Waals surface area contributed by atoms with Gasteiger partial charge in [-0.2, -0.15) is 0 Å². The van der Waals surface area contributed by atoms with Crippen LogP contribution in [0.5, 0.6) is 0 Å². The van der Waals surface area contributed by atoms with Crippen LogP contribution in [0.1, 0.15) is 13.8 Å². The number of nitrogens with two attached hydrogens (primary N) is 1. The van der Waals surface area contributed by atoms with Crippen LogP contribution in [0.4, 0.5) is 0 Å². The van der Waals surface area contributed by atoms with Crippen molar-refractivity contribution in [2.24, 2.45) is 11.7 Å². The Hall–Kier alpha value is -0.0800. The summed E-state index contributed by atoms with van der Waals surface area (Å²) in [6.45, 7) is 5.51. The average Bonchev–Trinajstić information content (AvgIpc) is 1.72. The topological polar surface area (TPSA) is 38.0 Å². The summed E-state index contributed by atoms with van der Waals surface area (Å²) in [7, 11) is 3.47. The van der Waals surface area contributed by atoms with Crippen LogP contribution in [0, 0.1) is 5.92 Å². The van der Waals surface area contributed by atoms with E-state index in [-0.39, 0.29) is 0 Å². The standard InChI is InChI=1S/C5H13N.CH5N/c1-5(2)4-6-3;1-2/h5-6H,4H2,1-3H3;2H2,1H3. The molecule has 0 unspecified atom stereocenters. The minimum atomic E-state index is 0.787. The summed E-state index contributed by atoms with van der Waals surface area (Å²) < 4.78 is 0. The molecular weight excluding hydrogens is 100 g/mol. The third kappa shape index (κ3) is 16.8. The maximum absolute atomic E-state index is 4.50. The van der Waals surface area contributed by atoms with Crippen molar-refractivity contribution >= 4 is 0 Å². The normalized spacial score (nSPS) is 8.25. The molecule has 0 radical (unpaired) electrons. The van der Waals surface area contributed by atoms with Gasteiger partial charge >= 0.3 is 0 Å². The van der Waals surface area contributed by atoms with E-state index < -0.39 is 0 Å². The lowest BCUT2D eigenvalue weighted by Gasteiger charge is -1.98. The van der Waals surface area contributed by atoms with Crippen LogP contribution in [0.3, 0.4) is 0 Å². The van der Waals surface area contributed by atoms with Gasteiger partial charge in [-0.3, -0.25) is 0 Å². The molecule has 0 bridgehead atoms. The summed E-state index contributed by atoms with van der Waals surface area (Å²) in [4.78, 5) is 0. The SMILES string of the molecule is CN.CNCC(C)C. The van der Waals surface area contributed by atoms with Crippen LogP contribution in [0.25, 0.3) is 0 Å². The van der Waals surface area contributed by atoms with Crippen molar-refractivity contribution in [2.45, 2.75) is 13.8 Å². The molecule has 8 heavy (non-hydrogen) atoms. The Morgan fingerprint density at radius 3 is 1.75 bits per heavy atom. The first-order valence-electron chi connectivity index (χ1n) is 2.99. The van der Waals surface area contributed by atoms with E-state index in [0.717, 1.165) is 12.5 Å². The first kappa shape index (κ1) is 10.8. The molecule has 2 heteroatoms. The summed E-state index contributed by atoms with van der Waals surface area (Å²) in [6, 6.07) is 0. The number of hydrogen-bond donors (Lipinski definition) is 2. The van der Waals surface area contributed by atoms with Gasteiger partial charge < -0.3 is 11.1 Å². The van der Waals surface area contributed by atoms with Crippen LogP contribution in [-0.4, -0.2) is 20.6 Å². The lowest BCUT2D eigenvalue weighted by molar-refractivity contribution is 0.595. The highest BCUT2D eigenvalue weighted by Crippen LogP contribution is 1.83. The van der Waals surface area contributed by atoms with Gasteiger partial charge in [-0.25, -0.2) is 0 Å². The molecule has 0 aliphatic rings. The highest BCUT2D eigenvalue weighted by atomic mass is 14.8. The zero-order valence-corrected chi connectivity index (χ0v) is 6.36. The smallest absolute Gasteiger partial charge is 0.00288 e. The third-order valence-electron chi connectivity index (χ3n) is 0.612. The van der Waals surface area contributed by atoms with E-state index in [0.29, 0.717) is 0 Å². The molecule has 0 atom stereocenters. The van der Waals surface area contributed by atoms with Crippen LogP contribution in [-0.2, 0) is 0 Å². The molecule has 0 spiro atoms. The van der Waals surface area contributed by atoms with Gasteiger partial charge in [-0.1, -0.05) is 13.8 Å². The van der Waals surface area contributed by atoms with Crippen molar-refractivity contribution in [3.63, 3.8) is 0 Å². The lowest BCUT2D eigenvalue weighted by atomic mass is 10.2. The summed E-state index contributed by atoms with van der Waals surface area (Å²) in [5, 5.41) is 3.07. The predicted molar refractivity (Wildman–Crippen MR) is 38.9 cm³/mol. The molecule has 0 saturated heterocycles. The third-order valence-corrected chi connectivity index (χ3v) is 0.612. The monoisotopic (exact) mass is 118 g/mol. The molecule has 0 amide bonds. The molecule has 0 aliphatic heterocycles. The molecule has 3 N–H and O–H groups in total. The zero-order chi connectivity index (χ0) is 6.99. The Labute approximate surface area is 52.5 Å². The van der Waals surface area contributed by atoms with E-state index in [1.54, 1.807) is 0 Å². The Kier molecular flexibility index (Phi) is 13.6. The van der Waals surface area contributed by atoms with Gasteiger partial charge in [-0.15, -0.1) is 0 Å². The largest absolute Gasteiger partial charge is 0.333 e. The molecule has 0 aromatic heterocycles. The van der Waals surface area contributed by atoms with E-state index in [2.05, 4.69) is 24.9 Å². The van der Waals surface area contributed by atoms with E-state index >= 15 is 0 Å². The molecule has 52 valence electrons. The van der Waals surface area contributed by atoms with Gasteiger partial charge in [0.15, 0.2) is 0 Å². The first-order valence-corrected chi connectivity index (χ1v) is 2.99. The minimum Gasteiger partial charge on any atom is -0.333 e. The van der Waals surface area contributed by atoms with Crippen molar-refractivity contribution in [3.05, 3.63) is 0 Å². The fourth-order valence-corrected chi connectivity index (χ4v) is 0.408. The molecule has 0 aliphatic carbocycles. The van der Waals surface area contributed by atoms with Crippen LogP contribution in [0.2, 0.25) is 0 Å². The fraction of sp³-hybridized carbons (Fsp3) is 1.00. The van der Waals surface area contributed by atoms with Crippen molar-refractivity contribution < 1.29 is 0 Å². The molecule has 0 saturated carbocycles. The lowest BCUT2D eigenvalue weighted by Crippen LogP contribution is -2.12. The molecule has 0 fully saturated rings. The van der Waals surface area contributed by atoms with Gasteiger partial charge in [0.05, 0.1) is 0 Å². The van der Waals surface area contributed by atoms with Gasteiger partial charge in [0.1, 0.15) is 0 Å². The van der Waals surface area contributed by atoms with Gasteiger partial charge in [0.2, 0.25) is 0 Å². The Morgan fingerprint density at radius 2 is 1.75 bits per heavy atom. The van der Waals surface area contributed by atoms with E-state index in [1.807, 2.05) is 7.05 Å². The highest BCUT2D eigenvalue weighted by Gasteiger charge is 1.84. The number of hydrogen-bond acceptors (Lipinski definition) is 2. The summed E-state index contributed by atoms with van der Waals surface area (Å²) >= 11 is 0. The Morgan fingerprint density at radius 1 is 1.38 bits per heavy atom. The quantitative estimate of drug-likeness (QED) is 0.552. The molecule has 0 aromatic carbocycles. The zero-order valence-electron chi connectivity index (χ0n) is 6.36. The van der Waals surface area contributed by atoms with Crippen LogP contribution in [0.15, 0.2) is 0 Å². The van der Waals surface area contributed by atoms with E-state index in [1.165, 1.54) is 7.05 Å². The average molecular weight is 118 g/mol. The first-order chi connectivity index (χ1) is 3.77. The van der Waals surface area contributed by atoms with Gasteiger partial charge in [0.25, 0.3) is 0 Å². The van der Waals surface area contributed by atoms with Crippen molar-refractivity contribution in [2.75, 3.05) is 20.6 Å². The molecule has 0 aromatic rings. The second-order valence-electron chi connectivity index (χ2n) is 1.95. The minimum absolute atomic E-state index is 0.787. The fourth-order valence-electron chi connectivity index (χ4n) is 0.408. The highest BCUT2D eigenvalue weighted by molar-refractivity contribution is 4.42.